The summed E-state index contributed by atoms with van der Waals surface area (Å²) in [6, 6.07) is 21.3. The van der Waals surface area contributed by atoms with E-state index in [9.17, 15) is 19.8 Å². The minimum atomic E-state index is -1.18. The van der Waals surface area contributed by atoms with Gasteiger partial charge in [0.2, 0.25) is 0 Å². The summed E-state index contributed by atoms with van der Waals surface area (Å²) in [6.45, 7) is 5.15. The molecule has 0 heterocycles. The van der Waals surface area contributed by atoms with E-state index in [2.05, 4.69) is 0 Å². The van der Waals surface area contributed by atoms with Crippen molar-refractivity contribution in [2.45, 2.75) is 26.7 Å². The van der Waals surface area contributed by atoms with Gasteiger partial charge in [-0.2, -0.15) is 0 Å². The molecular formula is C28H26NiO6. The Hall–Kier alpha value is -3.57. The average Bonchev–Trinajstić information content (AvgIpc) is 2.85. The van der Waals surface area contributed by atoms with Gasteiger partial charge in [-0.3, -0.25) is 0 Å². The van der Waals surface area contributed by atoms with Crippen LogP contribution in [-0.2, 0) is 16.5 Å². The predicted molar refractivity (Wildman–Crippen MR) is 128 cm³/mol. The van der Waals surface area contributed by atoms with Gasteiger partial charge >= 0.3 is 16.5 Å². The van der Waals surface area contributed by atoms with Crippen LogP contribution in [0.15, 0.2) is 72.8 Å². The number of hydrogen-bond donors (Lipinski definition) is 0. The summed E-state index contributed by atoms with van der Waals surface area (Å²) in [5.74, 6) is -1.21. The second-order valence-electron chi connectivity index (χ2n) is 7.66. The van der Waals surface area contributed by atoms with E-state index in [1.54, 1.807) is 24.3 Å². The molecule has 6 nitrogen and oxygen atoms in total. The van der Waals surface area contributed by atoms with Gasteiger partial charge < -0.3 is 29.3 Å². The third-order valence-electron chi connectivity index (χ3n) is 5.06. The zero-order valence-corrected chi connectivity index (χ0v) is 20.5. The monoisotopic (exact) mass is 516 g/mol. The molecule has 4 aromatic rings. The molecule has 0 amide bonds. The van der Waals surface area contributed by atoms with Crippen LogP contribution >= 0.6 is 0 Å². The molecule has 0 aliphatic rings. The van der Waals surface area contributed by atoms with Crippen molar-refractivity contribution in [3.63, 3.8) is 0 Å². The smallest absolute Gasteiger partial charge is 0.545 e. The van der Waals surface area contributed by atoms with Crippen LogP contribution in [0.2, 0.25) is 0 Å². The van der Waals surface area contributed by atoms with E-state index in [-0.39, 0.29) is 27.6 Å². The van der Waals surface area contributed by atoms with Gasteiger partial charge in [0.05, 0.1) is 25.2 Å². The summed E-state index contributed by atoms with van der Waals surface area (Å²) >= 11 is 0. The molecule has 0 aromatic heterocycles. The van der Waals surface area contributed by atoms with Crippen molar-refractivity contribution >= 4 is 33.5 Å². The number of ether oxygens (including phenoxy) is 2. The molecule has 0 unspecified atom stereocenters. The minimum absolute atomic E-state index is 0. The van der Waals surface area contributed by atoms with Gasteiger partial charge in [-0.25, -0.2) is 0 Å². The molecule has 0 N–H and O–H groups in total. The van der Waals surface area contributed by atoms with Crippen molar-refractivity contribution in [2.75, 3.05) is 13.2 Å². The van der Waals surface area contributed by atoms with Crippen molar-refractivity contribution < 1.29 is 45.8 Å². The Kier molecular flexibility index (Phi) is 10.6. The van der Waals surface area contributed by atoms with Gasteiger partial charge in [-0.1, -0.05) is 62.4 Å². The molecule has 0 saturated carbocycles. The van der Waals surface area contributed by atoms with E-state index >= 15 is 0 Å². The van der Waals surface area contributed by atoms with Gasteiger partial charge in [-0.15, -0.1) is 0 Å². The van der Waals surface area contributed by atoms with Gasteiger partial charge in [0.15, 0.2) is 0 Å². The van der Waals surface area contributed by atoms with E-state index in [0.29, 0.717) is 35.5 Å². The van der Waals surface area contributed by atoms with Gasteiger partial charge in [0.1, 0.15) is 11.5 Å². The van der Waals surface area contributed by atoms with Crippen LogP contribution in [-0.4, -0.2) is 25.2 Å². The Labute approximate surface area is 214 Å². The van der Waals surface area contributed by atoms with E-state index in [4.69, 9.17) is 9.47 Å². The molecule has 0 aliphatic carbocycles. The normalized spacial score (nSPS) is 10.1. The summed E-state index contributed by atoms with van der Waals surface area (Å²) in [5, 5.41) is 25.2. The van der Waals surface area contributed by atoms with Crippen molar-refractivity contribution in [3.05, 3.63) is 83.9 Å². The first-order valence-electron chi connectivity index (χ1n) is 11.2. The van der Waals surface area contributed by atoms with Crippen LogP contribution < -0.4 is 19.7 Å². The van der Waals surface area contributed by atoms with Gasteiger partial charge in [0.25, 0.3) is 0 Å². The maximum absolute atomic E-state index is 11.1. The topological polar surface area (TPSA) is 98.7 Å². The average molecular weight is 517 g/mol. The van der Waals surface area contributed by atoms with Crippen molar-refractivity contribution in [1.82, 2.24) is 0 Å². The first-order chi connectivity index (χ1) is 16.4. The zero-order chi connectivity index (χ0) is 24.5. The molecule has 0 radical (unpaired) electrons. The first kappa shape index (κ1) is 27.7. The maximum Gasteiger partial charge on any atom is 2.00 e. The number of hydrogen-bond acceptors (Lipinski definition) is 6. The van der Waals surface area contributed by atoms with E-state index < -0.39 is 11.9 Å². The Balaban J connectivity index is 0.000000240. The fourth-order valence-electron chi connectivity index (χ4n) is 3.51. The molecule has 0 spiro atoms. The third-order valence-corrected chi connectivity index (χ3v) is 5.06. The number of benzene rings is 4. The fraction of sp³-hybridized carbons (Fsp3) is 0.214. The number of rotatable bonds is 8. The largest absolute Gasteiger partial charge is 2.00 e. The molecule has 0 fully saturated rings. The fourth-order valence-corrected chi connectivity index (χ4v) is 3.51. The van der Waals surface area contributed by atoms with Crippen molar-refractivity contribution in [3.8, 4) is 11.5 Å². The summed E-state index contributed by atoms with van der Waals surface area (Å²) in [7, 11) is 0. The molecule has 35 heavy (non-hydrogen) atoms. The maximum atomic E-state index is 11.1. The van der Waals surface area contributed by atoms with E-state index in [1.807, 2.05) is 50.2 Å². The predicted octanol–water partition coefficient (Wildman–Crippen LogP) is 3.98. The second-order valence-corrected chi connectivity index (χ2v) is 7.66. The first-order valence-corrected chi connectivity index (χ1v) is 11.2. The van der Waals surface area contributed by atoms with Crippen LogP contribution in [0.3, 0.4) is 0 Å². The molecule has 4 aromatic carbocycles. The number of aromatic carboxylic acids is 2. The molecule has 0 aliphatic heterocycles. The van der Waals surface area contributed by atoms with E-state index in [0.717, 1.165) is 23.6 Å². The Morgan fingerprint density at radius 3 is 1.37 bits per heavy atom. The summed E-state index contributed by atoms with van der Waals surface area (Å²) in [6.07, 6.45) is 1.76. The van der Waals surface area contributed by atoms with Gasteiger partial charge in [0, 0.05) is 11.1 Å². The molecule has 7 heteroatoms. The summed E-state index contributed by atoms with van der Waals surface area (Å²) in [4.78, 5) is 22.1. The van der Waals surface area contributed by atoms with Crippen LogP contribution in [0.25, 0.3) is 21.5 Å². The SMILES string of the molecule is CCCOc1cc(C(=O)[O-])c2ccccc2c1.CCCOc1cc(C(=O)[O-])c2ccccc2c1.[Ni+2]. The number of carboxylic acid groups (broad SMARTS) is 2. The second kappa shape index (κ2) is 13.4. The molecule has 0 atom stereocenters. The van der Waals surface area contributed by atoms with E-state index in [1.165, 1.54) is 12.1 Å². The van der Waals surface area contributed by atoms with Crippen LogP contribution in [0.4, 0.5) is 0 Å². The molecule has 4 rings (SSSR count). The number of fused-ring (bicyclic) bond motifs is 2. The Bertz CT molecular complexity index is 1200. The van der Waals surface area contributed by atoms with Gasteiger partial charge in [-0.05, 0) is 58.7 Å². The summed E-state index contributed by atoms with van der Waals surface area (Å²) in [5.41, 5.74) is 0.350. The number of carbonyl (C=O) groups is 2. The van der Waals surface area contributed by atoms with Crippen LogP contribution in [0, 0.1) is 0 Å². The molecular weight excluding hydrogens is 491 g/mol. The minimum Gasteiger partial charge on any atom is -0.545 e. The van der Waals surface area contributed by atoms with Crippen LogP contribution in [0.5, 0.6) is 11.5 Å². The molecule has 0 bridgehead atoms. The number of carbonyl (C=O) groups excluding carboxylic acids is 2. The third kappa shape index (κ3) is 7.21. The molecule has 184 valence electrons. The summed E-state index contributed by atoms with van der Waals surface area (Å²) < 4.78 is 10.9. The molecule has 0 saturated heterocycles. The Morgan fingerprint density at radius 2 is 1.03 bits per heavy atom. The Morgan fingerprint density at radius 1 is 0.657 bits per heavy atom. The van der Waals surface area contributed by atoms with Crippen LogP contribution in [0.1, 0.15) is 47.4 Å². The van der Waals surface area contributed by atoms with Crippen molar-refractivity contribution in [1.29, 1.82) is 0 Å². The zero-order valence-electron chi connectivity index (χ0n) is 19.5. The standard InChI is InChI=1S/2C14H14O3.Ni/c2*1-2-7-17-11-8-10-5-3-4-6-12(10)13(9-11)14(15)16;/h2*3-6,8-9H,2,7H2,1H3,(H,15,16);/q;;+2/p-2. The number of carboxylic acids is 2. The van der Waals surface area contributed by atoms with Crippen molar-refractivity contribution in [2.24, 2.45) is 0 Å². The quantitative estimate of drug-likeness (QED) is 0.328.